The van der Waals surface area contributed by atoms with Crippen molar-refractivity contribution in [3.8, 4) is 0 Å². The highest BCUT2D eigenvalue weighted by Gasteiger charge is 1.96. The van der Waals surface area contributed by atoms with Gasteiger partial charge in [-0.25, -0.2) is 0 Å². The number of hydrogen-bond donors (Lipinski definition) is 0. The van der Waals surface area contributed by atoms with Crippen molar-refractivity contribution in [2.24, 2.45) is 5.92 Å². The van der Waals surface area contributed by atoms with Crippen LogP contribution in [0.3, 0.4) is 0 Å². The van der Waals surface area contributed by atoms with Crippen LogP contribution in [0.5, 0.6) is 0 Å². The summed E-state index contributed by atoms with van der Waals surface area (Å²) in [5, 5.41) is 0. The van der Waals surface area contributed by atoms with E-state index in [0.717, 1.165) is 18.8 Å². The van der Waals surface area contributed by atoms with E-state index in [1.807, 2.05) is 0 Å². The molecule has 1 heteroatoms. The molecule has 0 radical (unpaired) electrons. The van der Waals surface area contributed by atoms with Crippen LogP contribution in [-0.2, 0) is 0 Å². The van der Waals surface area contributed by atoms with E-state index in [0.29, 0.717) is 0 Å². The van der Waals surface area contributed by atoms with Gasteiger partial charge in [-0.3, -0.25) is 4.39 Å². The smallest absolute Gasteiger partial charge is 0.0894 e. The Morgan fingerprint density at radius 1 is 1.33 bits per heavy atom. The molecule has 0 heterocycles. The van der Waals surface area contributed by atoms with E-state index in [2.05, 4.69) is 13.8 Å². The van der Waals surface area contributed by atoms with Gasteiger partial charge in [0.25, 0.3) is 0 Å². The first-order valence-electron chi connectivity index (χ1n) is 3.87. The monoisotopic (exact) mass is 132 g/mol. The van der Waals surface area contributed by atoms with Crippen LogP contribution in [-0.4, -0.2) is 6.67 Å². The van der Waals surface area contributed by atoms with Crippen molar-refractivity contribution in [1.82, 2.24) is 0 Å². The molecule has 0 aliphatic heterocycles. The minimum atomic E-state index is -0.142. The number of hydrogen-bond acceptors (Lipinski definition) is 0. The Balaban J connectivity index is 2.88. The van der Waals surface area contributed by atoms with E-state index in [1.165, 1.54) is 12.8 Å². The van der Waals surface area contributed by atoms with E-state index in [1.54, 1.807) is 0 Å². The molecule has 0 N–H and O–H groups in total. The van der Waals surface area contributed by atoms with Gasteiger partial charge in [0.1, 0.15) is 0 Å². The van der Waals surface area contributed by atoms with Crippen LogP contribution in [0.25, 0.3) is 0 Å². The first kappa shape index (κ1) is 8.93. The normalized spacial score (nSPS) is 13.7. The van der Waals surface area contributed by atoms with Crippen LogP contribution in [0, 0.1) is 5.92 Å². The predicted molar refractivity (Wildman–Crippen MR) is 39.3 cm³/mol. The fourth-order valence-corrected chi connectivity index (χ4v) is 0.791. The summed E-state index contributed by atoms with van der Waals surface area (Å²) < 4.78 is 11.5. The third-order valence-corrected chi connectivity index (χ3v) is 1.78. The molecule has 0 aromatic heterocycles. The van der Waals surface area contributed by atoms with Crippen molar-refractivity contribution in [2.45, 2.75) is 39.5 Å². The highest BCUT2D eigenvalue weighted by atomic mass is 19.1. The summed E-state index contributed by atoms with van der Waals surface area (Å²) in [6, 6.07) is 0. The molecule has 0 fully saturated rings. The molecule has 0 spiro atoms. The van der Waals surface area contributed by atoms with Gasteiger partial charge in [0, 0.05) is 0 Å². The van der Waals surface area contributed by atoms with Gasteiger partial charge in [-0.15, -0.1) is 0 Å². The van der Waals surface area contributed by atoms with Crippen LogP contribution in [0.4, 0.5) is 4.39 Å². The summed E-state index contributed by atoms with van der Waals surface area (Å²) in [5.74, 6) is 0.788. The summed E-state index contributed by atoms with van der Waals surface area (Å²) in [7, 11) is 0. The van der Waals surface area contributed by atoms with Crippen LogP contribution in [0.15, 0.2) is 0 Å². The van der Waals surface area contributed by atoms with Gasteiger partial charge in [0.2, 0.25) is 0 Å². The van der Waals surface area contributed by atoms with Crippen LogP contribution >= 0.6 is 0 Å². The molecule has 0 bridgehead atoms. The third kappa shape index (κ3) is 5.81. The molecular formula is C8H17F. The van der Waals surface area contributed by atoms with Gasteiger partial charge >= 0.3 is 0 Å². The van der Waals surface area contributed by atoms with Crippen molar-refractivity contribution < 1.29 is 4.39 Å². The van der Waals surface area contributed by atoms with Gasteiger partial charge < -0.3 is 0 Å². The standard InChI is InChI=1S/C8H17F/c1-3-8(2)6-4-5-7-9/h8H,3-7H2,1-2H3. The zero-order valence-electron chi connectivity index (χ0n) is 6.49. The maximum atomic E-state index is 11.5. The molecular weight excluding hydrogens is 115 g/mol. The minimum Gasteiger partial charge on any atom is -0.251 e. The zero-order chi connectivity index (χ0) is 7.11. The predicted octanol–water partition coefficient (Wildman–Crippen LogP) is 3.17. The second-order valence-electron chi connectivity index (χ2n) is 2.70. The second-order valence-corrected chi connectivity index (χ2v) is 2.70. The molecule has 1 atom stereocenters. The van der Waals surface area contributed by atoms with Crippen molar-refractivity contribution in [3.63, 3.8) is 0 Å². The number of unbranched alkanes of at least 4 members (excludes halogenated alkanes) is 1. The Morgan fingerprint density at radius 3 is 2.44 bits per heavy atom. The molecule has 0 nitrogen and oxygen atoms in total. The summed E-state index contributed by atoms with van der Waals surface area (Å²) >= 11 is 0. The van der Waals surface area contributed by atoms with Crippen molar-refractivity contribution in [3.05, 3.63) is 0 Å². The largest absolute Gasteiger partial charge is 0.251 e. The molecule has 56 valence electrons. The molecule has 0 aromatic rings. The summed E-state index contributed by atoms with van der Waals surface area (Å²) in [6.07, 6.45) is 4.24. The third-order valence-electron chi connectivity index (χ3n) is 1.78. The van der Waals surface area contributed by atoms with Crippen molar-refractivity contribution in [2.75, 3.05) is 6.67 Å². The van der Waals surface area contributed by atoms with Gasteiger partial charge in [0.15, 0.2) is 0 Å². The van der Waals surface area contributed by atoms with E-state index >= 15 is 0 Å². The average Bonchev–Trinajstić information content (AvgIpc) is 1.89. The molecule has 0 amide bonds. The summed E-state index contributed by atoms with van der Waals surface area (Å²) in [6.45, 7) is 4.26. The molecule has 9 heavy (non-hydrogen) atoms. The van der Waals surface area contributed by atoms with Crippen LogP contribution in [0.1, 0.15) is 39.5 Å². The molecule has 0 aromatic carbocycles. The Bertz CT molecular complexity index is 52.5. The lowest BCUT2D eigenvalue weighted by molar-refractivity contribution is 0.422. The second kappa shape index (κ2) is 6.06. The maximum absolute atomic E-state index is 11.5. The summed E-state index contributed by atoms with van der Waals surface area (Å²) in [5.41, 5.74) is 0. The van der Waals surface area contributed by atoms with Crippen molar-refractivity contribution >= 4 is 0 Å². The Labute approximate surface area is 57.5 Å². The highest BCUT2D eigenvalue weighted by Crippen LogP contribution is 2.10. The van der Waals surface area contributed by atoms with E-state index < -0.39 is 0 Å². The fourth-order valence-electron chi connectivity index (χ4n) is 0.791. The first-order valence-corrected chi connectivity index (χ1v) is 3.87. The topological polar surface area (TPSA) is 0 Å². The number of halogens is 1. The molecule has 1 unspecified atom stereocenters. The van der Waals surface area contributed by atoms with Crippen LogP contribution in [0.2, 0.25) is 0 Å². The van der Waals surface area contributed by atoms with Gasteiger partial charge in [-0.1, -0.05) is 33.1 Å². The lowest BCUT2D eigenvalue weighted by Gasteiger charge is -2.05. The minimum absolute atomic E-state index is 0.142. The lowest BCUT2D eigenvalue weighted by atomic mass is 10.0. The van der Waals surface area contributed by atoms with E-state index in [4.69, 9.17) is 0 Å². The van der Waals surface area contributed by atoms with Crippen LogP contribution < -0.4 is 0 Å². The highest BCUT2D eigenvalue weighted by molar-refractivity contribution is 4.49. The Hall–Kier alpha value is -0.0700. The fraction of sp³-hybridized carbons (Fsp3) is 1.00. The van der Waals surface area contributed by atoms with Gasteiger partial charge in [-0.2, -0.15) is 0 Å². The van der Waals surface area contributed by atoms with E-state index in [9.17, 15) is 4.39 Å². The molecule has 0 saturated heterocycles. The number of rotatable bonds is 5. The Morgan fingerprint density at radius 2 is 2.00 bits per heavy atom. The van der Waals surface area contributed by atoms with Crippen molar-refractivity contribution in [1.29, 1.82) is 0 Å². The van der Waals surface area contributed by atoms with Gasteiger partial charge in [-0.05, 0) is 12.3 Å². The lowest BCUT2D eigenvalue weighted by Crippen LogP contribution is -1.91. The maximum Gasteiger partial charge on any atom is 0.0894 e. The molecule has 0 saturated carbocycles. The first-order chi connectivity index (χ1) is 4.31. The average molecular weight is 132 g/mol. The number of alkyl halides is 1. The zero-order valence-corrected chi connectivity index (χ0v) is 6.49. The molecule has 0 rings (SSSR count). The summed E-state index contributed by atoms with van der Waals surface area (Å²) in [4.78, 5) is 0. The molecule has 0 aliphatic carbocycles. The molecule has 0 aliphatic rings. The quantitative estimate of drug-likeness (QED) is 0.504. The Kier molecular flexibility index (Phi) is 6.01. The SMILES string of the molecule is CCC(C)CCCCF. The van der Waals surface area contributed by atoms with E-state index in [-0.39, 0.29) is 6.67 Å². The van der Waals surface area contributed by atoms with Gasteiger partial charge in [0.05, 0.1) is 6.67 Å².